The highest BCUT2D eigenvalue weighted by Gasteiger charge is 2.49. The van der Waals surface area contributed by atoms with Crippen LogP contribution in [0.1, 0.15) is 17.2 Å². The SMILES string of the molecule is OC[C@@]1(O)CO[C@@H](Oc2cc(O)cc3c2C[C@H](O)[C@@H](c2ccc(O)c(O)c2)O3)[C@@H]1O. The van der Waals surface area contributed by atoms with Crippen molar-refractivity contribution in [2.75, 3.05) is 13.2 Å². The van der Waals surface area contributed by atoms with Crippen LogP contribution in [0.15, 0.2) is 30.3 Å². The van der Waals surface area contributed by atoms with Gasteiger partial charge in [-0.05, 0) is 17.7 Å². The first kappa shape index (κ1) is 20.5. The number of phenolic OH excluding ortho intramolecular Hbond substituents is 3. The quantitative estimate of drug-likeness (QED) is 0.324. The van der Waals surface area contributed by atoms with E-state index in [0.29, 0.717) is 11.1 Å². The number of benzene rings is 2. The zero-order valence-electron chi connectivity index (χ0n) is 15.7. The molecule has 2 aliphatic heterocycles. The summed E-state index contributed by atoms with van der Waals surface area (Å²) < 4.78 is 16.7. The second-order valence-electron chi connectivity index (χ2n) is 7.48. The summed E-state index contributed by atoms with van der Waals surface area (Å²) in [4.78, 5) is 0. The minimum Gasteiger partial charge on any atom is -0.508 e. The minimum absolute atomic E-state index is 0.0460. The van der Waals surface area contributed by atoms with Crippen LogP contribution < -0.4 is 9.47 Å². The number of rotatable bonds is 4. The van der Waals surface area contributed by atoms with Gasteiger partial charge in [0.25, 0.3) is 0 Å². The molecule has 0 spiro atoms. The summed E-state index contributed by atoms with van der Waals surface area (Å²) in [5, 5.41) is 69.4. The van der Waals surface area contributed by atoms with Gasteiger partial charge >= 0.3 is 0 Å². The van der Waals surface area contributed by atoms with Crippen LogP contribution in [0.25, 0.3) is 0 Å². The van der Waals surface area contributed by atoms with Crippen molar-refractivity contribution in [2.24, 2.45) is 0 Å². The molecule has 2 aliphatic rings. The molecule has 0 saturated carbocycles. The molecule has 10 heteroatoms. The molecule has 1 saturated heterocycles. The highest BCUT2D eigenvalue weighted by molar-refractivity contribution is 5.53. The first-order valence-electron chi connectivity index (χ1n) is 9.24. The molecule has 2 aromatic rings. The summed E-state index contributed by atoms with van der Waals surface area (Å²) in [5.74, 6) is -0.606. The molecule has 0 amide bonds. The average molecular weight is 422 g/mol. The molecule has 10 nitrogen and oxygen atoms in total. The fraction of sp³-hybridized carbons (Fsp3) is 0.400. The predicted molar refractivity (Wildman–Crippen MR) is 99.4 cm³/mol. The van der Waals surface area contributed by atoms with Crippen LogP contribution in [0.4, 0.5) is 0 Å². The lowest BCUT2D eigenvalue weighted by atomic mass is 9.93. The molecule has 0 radical (unpaired) electrons. The second kappa shape index (κ2) is 7.49. The third kappa shape index (κ3) is 3.48. The number of hydrogen-bond donors (Lipinski definition) is 7. The molecule has 1 fully saturated rings. The summed E-state index contributed by atoms with van der Waals surface area (Å²) in [6.45, 7) is -1.07. The molecule has 7 N–H and O–H groups in total. The van der Waals surface area contributed by atoms with E-state index >= 15 is 0 Å². The number of aromatic hydroxyl groups is 3. The van der Waals surface area contributed by atoms with Gasteiger partial charge in [-0.25, -0.2) is 0 Å². The van der Waals surface area contributed by atoms with E-state index in [0.717, 1.165) is 0 Å². The fourth-order valence-electron chi connectivity index (χ4n) is 3.58. The van der Waals surface area contributed by atoms with Crippen LogP contribution in [0.2, 0.25) is 0 Å². The maximum atomic E-state index is 10.6. The van der Waals surface area contributed by atoms with Crippen molar-refractivity contribution in [3.8, 4) is 28.7 Å². The highest BCUT2D eigenvalue weighted by atomic mass is 16.7. The number of phenols is 3. The van der Waals surface area contributed by atoms with Gasteiger partial charge in [-0.1, -0.05) is 6.07 Å². The molecular weight excluding hydrogens is 400 g/mol. The van der Waals surface area contributed by atoms with Gasteiger partial charge in [0.1, 0.15) is 35.1 Å². The summed E-state index contributed by atoms with van der Waals surface area (Å²) in [6, 6.07) is 6.62. The van der Waals surface area contributed by atoms with Gasteiger partial charge in [-0.2, -0.15) is 0 Å². The number of ether oxygens (including phenoxy) is 3. The highest BCUT2D eigenvalue weighted by Crippen LogP contribution is 2.44. The van der Waals surface area contributed by atoms with E-state index < -0.39 is 36.8 Å². The lowest BCUT2D eigenvalue weighted by Crippen LogP contribution is -2.48. The molecular formula is C20H22O10. The van der Waals surface area contributed by atoms with E-state index in [4.69, 9.17) is 14.2 Å². The molecule has 2 heterocycles. The van der Waals surface area contributed by atoms with E-state index in [1.807, 2.05) is 0 Å². The van der Waals surface area contributed by atoms with Crippen molar-refractivity contribution in [2.45, 2.75) is 36.6 Å². The predicted octanol–water partition coefficient (Wildman–Crippen LogP) is -0.340. The largest absolute Gasteiger partial charge is 0.508 e. The number of fused-ring (bicyclic) bond motifs is 1. The Bertz CT molecular complexity index is 947. The van der Waals surface area contributed by atoms with Crippen LogP contribution in [0.3, 0.4) is 0 Å². The van der Waals surface area contributed by atoms with Crippen molar-refractivity contribution in [3.63, 3.8) is 0 Å². The second-order valence-corrected chi connectivity index (χ2v) is 7.48. The number of aliphatic hydroxyl groups is 4. The Balaban J connectivity index is 1.62. The third-order valence-electron chi connectivity index (χ3n) is 5.32. The van der Waals surface area contributed by atoms with E-state index in [1.165, 1.54) is 30.3 Å². The van der Waals surface area contributed by atoms with Crippen LogP contribution >= 0.6 is 0 Å². The van der Waals surface area contributed by atoms with E-state index in [-0.39, 0.29) is 41.8 Å². The molecule has 2 aromatic carbocycles. The number of aliphatic hydroxyl groups excluding tert-OH is 3. The Kier molecular flexibility index (Phi) is 5.12. The van der Waals surface area contributed by atoms with Crippen molar-refractivity contribution < 1.29 is 50.0 Å². The van der Waals surface area contributed by atoms with Gasteiger partial charge < -0.3 is 50.0 Å². The molecule has 5 atom stereocenters. The van der Waals surface area contributed by atoms with E-state index in [2.05, 4.69) is 0 Å². The lowest BCUT2D eigenvalue weighted by Gasteiger charge is -2.32. The molecule has 162 valence electrons. The van der Waals surface area contributed by atoms with E-state index in [9.17, 15) is 35.7 Å². The maximum absolute atomic E-state index is 10.6. The van der Waals surface area contributed by atoms with Gasteiger partial charge in [0, 0.05) is 24.1 Å². The van der Waals surface area contributed by atoms with Crippen molar-refractivity contribution in [3.05, 3.63) is 41.5 Å². The molecule has 4 rings (SSSR count). The van der Waals surface area contributed by atoms with Gasteiger partial charge in [0.15, 0.2) is 11.5 Å². The summed E-state index contributed by atoms with van der Waals surface area (Å²) in [6.07, 6.45) is -4.74. The maximum Gasteiger partial charge on any atom is 0.229 e. The van der Waals surface area contributed by atoms with Crippen LogP contribution in [-0.4, -0.2) is 73.1 Å². The van der Waals surface area contributed by atoms with Crippen molar-refractivity contribution in [1.29, 1.82) is 0 Å². The fourth-order valence-corrected chi connectivity index (χ4v) is 3.58. The zero-order valence-corrected chi connectivity index (χ0v) is 15.7. The van der Waals surface area contributed by atoms with Gasteiger partial charge in [-0.3, -0.25) is 0 Å². The topological polar surface area (TPSA) is 169 Å². The molecule has 0 aliphatic carbocycles. The van der Waals surface area contributed by atoms with E-state index in [1.54, 1.807) is 0 Å². The Labute approximate surface area is 170 Å². The smallest absolute Gasteiger partial charge is 0.229 e. The third-order valence-corrected chi connectivity index (χ3v) is 5.32. The summed E-state index contributed by atoms with van der Waals surface area (Å²) in [7, 11) is 0. The molecule has 0 unspecified atom stereocenters. The van der Waals surface area contributed by atoms with Crippen molar-refractivity contribution in [1.82, 2.24) is 0 Å². The summed E-state index contributed by atoms with van der Waals surface area (Å²) in [5.41, 5.74) is -1.06. The monoisotopic (exact) mass is 422 g/mol. The van der Waals surface area contributed by atoms with Crippen LogP contribution in [-0.2, 0) is 11.2 Å². The zero-order chi connectivity index (χ0) is 21.6. The minimum atomic E-state index is -1.87. The number of hydrogen-bond acceptors (Lipinski definition) is 10. The van der Waals surface area contributed by atoms with Gasteiger partial charge in [0.05, 0.1) is 19.3 Å². The van der Waals surface area contributed by atoms with Crippen molar-refractivity contribution >= 4 is 0 Å². The van der Waals surface area contributed by atoms with Crippen LogP contribution in [0.5, 0.6) is 28.7 Å². The average Bonchev–Trinajstić information content (AvgIpc) is 2.99. The summed E-state index contributed by atoms with van der Waals surface area (Å²) >= 11 is 0. The van der Waals surface area contributed by atoms with Gasteiger partial charge in [0.2, 0.25) is 6.29 Å². The molecule has 0 aromatic heterocycles. The first-order valence-corrected chi connectivity index (χ1v) is 9.24. The standard InChI is InChI=1S/C20H22O10/c21-7-20(27)8-28-19(18(20)26)30-16-5-10(22)4-15-11(16)6-14(25)17(29-15)9-1-2-12(23)13(24)3-9/h1-5,14,17-19,21-27H,6-8H2/t14-,17+,18-,19-,20+/m0/s1. The Hall–Kier alpha value is -2.76. The first-order chi connectivity index (χ1) is 14.2. The normalized spacial score (nSPS) is 30.5. The Morgan fingerprint density at radius 2 is 1.83 bits per heavy atom. The molecule has 0 bridgehead atoms. The Morgan fingerprint density at radius 3 is 2.50 bits per heavy atom. The lowest BCUT2D eigenvalue weighted by molar-refractivity contribution is -0.116. The Morgan fingerprint density at radius 1 is 1.07 bits per heavy atom. The van der Waals surface area contributed by atoms with Gasteiger partial charge in [-0.15, -0.1) is 0 Å². The molecule has 30 heavy (non-hydrogen) atoms. The van der Waals surface area contributed by atoms with Crippen LogP contribution in [0, 0.1) is 0 Å².